The molecule has 0 aromatic carbocycles. The summed E-state index contributed by atoms with van der Waals surface area (Å²) in [5.41, 5.74) is 0. The van der Waals surface area contributed by atoms with Crippen LogP contribution < -0.4 is 0 Å². The maximum Gasteiger partial charge on any atom is 0.309 e. The SMILES string of the molecule is CCCCCCC(C(=O)OCC)C(CC(C#N)CCCC)C(=O)OCC. The fourth-order valence-electron chi connectivity index (χ4n) is 3.19. The quantitative estimate of drug-likeness (QED) is 0.299. The van der Waals surface area contributed by atoms with Crippen molar-refractivity contribution in [1.82, 2.24) is 0 Å². The van der Waals surface area contributed by atoms with Crippen molar-refractivity contribution in [3.05, 3.63) is 0 Å². The molecule has 3 unspecified atom stereocenters. The lowest BCUT2D eigenvalue weighted by Crippen LogP contribution is -2.34. The van der Waals surface area contributed by atoms with Crippen LogP contribution in [-0.2, 0) is 19.1 Å². The Morgan fingerprint density at radius 3 is 1.88 bits per heavy atom. The average Bonchev–Trinajstić information content (AvgIpc) is 2.63. The van der Waals surface area contributed by atoms with Crippen molar-refractivity contribution in [1.29, 1.82) is 5.26 Å². The number of hydrogen-bond donors (Lipinski definition) is 0. The maximum absolute atomic E-state index is 12.6. The lowest BCUT2D eigenvalue weighted by molar-refractivity contribution is -0.161. The lowest BCUT2D eigenvalue weighted by Gasteiger charge is -2.25. The number of carbonyl (C=O) groups excluding carboxylic acids is 2. The Morgan fingerprint density at radius 1 is 0.808 bits per heavy atom. The average molecular weight is 368 g/mol. The molecular weight excluding hydrogens is 330 g/mol. The largest absolute Gasteiger partial charge is 0.466 e. The second-order valence-corrected chi connectivity index (χ2v) is 6.77. The summed E-state index contributed by atoms with van der Waals surface area (Å²) in [5, 5.41) is 9.46. The second kappa shape index (κ2) is 15.7. The van der Waals surface area contributed by atoms with Crippen LogP contribution in [0.4, 0.5) is 0 Å². The van der Waals surface area contributed by atoms with E-state index in [1.165, 1.54) is 0 Å². The molecule has 5 nitrogen and oxygen atoms in total. The lowest BCUT2D eigenvalue weighted by atomic mass is 9.80. The number of unbranched alkanes of at least 4 members (excludes halogenated alkanes) is 4. The molecule has 0 heterocycles. The van der Waals surface area contributed by atoms with Crippen molar-refractivity contribution in [3.8, 4) is 6.07 Å². The number of esters is 2. The molecule has 5 heteroatoms. The minimum atomic E-state index is -0.600. The summed E-state index contributed by atoms with van der Waals surface area (Å²) in [6.07, 6.45) is 7.78. The van der Waals surface area contributed by atoms with Crippen LogP contribution in [0.3, 0.4) is 0 Å². The van der Waals surface area contributed by atoms with Gasteiger partial charge in [0.1, 0.15) is 0 Å². The van der Waals surface area contributed by atoms with Gasteiger partial charge in [0.15, 0.2) is 0 Å². The highest BCUT2D eigenvalue weighted by molar-refractivity contribution is 5.82. The van der Waals surface area contributed by atoms with Crippen molar-refractivity contribution in [2.75, 3.05) is 13.2 Å². The van der Waals surface area contributed by atoms with E-state index in [9.17, 15) is 14.9 Å². The van der Waals surface area contributed by atoms with Crippen LogP contribution in [0.1, 0.15) is 85.5 Å². The Hall–Kier alpha value is -1.57. The maximum atomic E-state index is 12.6. The van der Waals surface area contributed by atoms with Crippen molar-refractivity contribution in [2.45, 2.75) is 85.5 Å². The molecule has 0 N–H and O–H groups in total. The number of nitriles is 1. The molecule has 0 aliphatic rings. The molecule has 150 valence electrons. The summed E-state index contributed by atoms with van der Waals surface area (Å²) >= 11 is 0. The molecule has 0 aliphatic heterocycles. The van der Waals surface area contributed by atoms with Gasteiger partial charge in [-0.25, -0.2) is 0 Å². The van der Waals surface area contributed by atoms with Gasteiger partial charge in [-0.2, -0.15) is 5.26 Å². The third kappa shape index (κ3) is 9.79. The van der Waals surface area contributed by atoms with Crippen LogP contribution in [-0.4, -0.2) is 25.2 Å². The van der Waals surface area contributed by atoms with E-state index in [1.54, 1.807) is 13.8 Å². The topological polar surface area (TPSA) is 76.4 Å². The highest BCUT2D eigenvalue weighted by atomic mass is 16.5. The number of hydrogen-bond acceptors (Lipinski definition) is 5. The molecule has 26 heavy (non-hydrogen) atoms. The minimum Gasteiger partial charge on any atom is -0.466 e. The van der Waals surface area contributed by atoms with Crippen LogP contribution >= 0.6 is 0 Å². The fraction of sp³-hybridized carbons (Fsp3) is 0.857. The summed E-state index contributed by atoms with van der Waals surface area (Å²) in [6, 6.07) is 2.31. The molecule has 0 aromatic rings. The molecule has 3 atom stereocenters. The van der Waals surface area contributed by atoms with E-state index in [4.69, 9.17) is 9.47 Å². The van der Waals surface area contributed by atoms with Gasteiger partial charge in [0.05, 0.1) is 31.1 Å². The first-order chi connectivity index (χ1) is 12.5. The molecule has 0 aliphatic carbocycles. The van der Waals surface area contributed by atoms with Crippen molar-refractivity contribution in [3.63, 3.8) is 0 Å². The van der Waals surface area contributed by atoms with E-state index >= 15 is 0 Å². The monoisotopic (exact) mass is 367 g/mol. The van der Waals surface area contributed by atoms with Crippen LogP contribution in [0.2, 0.25) is 0 Å². The van der Waals surface area contributed by atoms with Gasteiger partial charge in [-0.05, 0) is 33.1 Å². The summed E-state index contributed by atoms with van der Waals surface area (Å²) < 4.78 is 10.5. The van der Waals surface area contributed by atoms with Gasteiger partial charge in [0.2, 0.25) is 0 Å². The molecule has 0 amide bonds. The highest BCUT2D eigenvalue weighted by Crippen LogP contribution is 2.30. The van der Waals surface area contributed by atoms with Crippen LogP contribution in [0.25, 0.3) is 0 Å². The molecular formula is C21H37NO4. The van der Waals surface area contributed by atoms with Gasteiger partial charge in [-0.1, -0.05) is 52.4 Å². The molecule has 0 aromatic heterocycles. The second-order valence-electron chi connectivity index (χ2n) is 6.77. The first-order valence-corrected chi connectivity index (χ1v) is 10.3. The van der Waals surface area contributed by atoms with E-state index in [0.717, 1.165) is 44.9 Å². The van der Waals surface area contributed by atoms with Gasteiger partial charge in [0, 0.05) is 5.92 Å². The van der Waals surface area contributed by atoms with Gasteiger partial charge in [-0.15, -0.1) is 0 Å². The van der Waals surface area contributed by atoms with Crippen molar-refractivity contribution >= 4 is 11.9 Å². The molecule has 0 bridgehead atoms. The number of ether oxygens (including phenoxy) is 2. The van der Waals surface area contributed by atoms with Gasteiger partial charge < -0.3 is 9.47 Å². The zero-order chi connectivity index (χ0) is 19.8. The minimum absolute atomic E-state index is 0.239. The normalized spacial score (nSPS) is 14.1. The van der Waals surface area contributed by atoms with Crippen LogP contribution in [0.15, 0.2) is 0 Å². The summed E-state index contributed by atoms with van der Waals surface area (Å²) in [7, 11) is 0. The van der Waals surface area contributed by atoms with E-state index in [1.807, 2.05) is 0 Å². The summed E-state index contributed by atoms with van der Waals surface area (Å²) in [6.45, 7) is 8.30. The molecule has 0 fully saturated rings. The molecule has 0 spiro atoms. The van der Waals surface area contributed by atoms with Gasteiger partial charge in [0.25, 0.3) is 0 Å². The number of nitrogens with zero attached hydrogens (tertiary/aromatic N) is 1. The van der Waals surface area contributed by atoms with Gasteiger partial charge >= 0.3 is 11.9 Å². The van der Waals surface area contributed by atoms with E-state index in [-0.39, 0.29) is 31.1 Å². The molecule has 0 saturated carbocycles. The van der Waals surface area contributed by atoms with E-state index < -0.39 is 11.8 Å². The Kier molecular flexibility index (Phi) is 14.7. The first-order valence-electron chi connectivity index (χ1n) is 10.3. The number of carbonyl (C=O) groups is 2. The van der Waals surface area contributed by atoms with Crippen molar-refractivity contribution in [2.24, 2.45) is 17.8 Å². The predicted octanol–water partition coefficient (Wildman–Crippen LogP) is 5.04. The smallest absolute Gasteiger partial charge is 0.309 e. The third-order valence-corrected chi connectivity index (χ3v) is 4.66. The predicted molar refractivity (Wildman–Crippen MR) is 102 cm³/mol. The Balaban J connectivity index is 5.29. The summed E-state index contributed by atoms with van der Waals surface area (Å²) in [4.78, 5) is 25.1. The Morgan fingerprint density at radius 2 is 1.38 bits per heavy atom. The fourth-order valence-corrected chi connectivity index (χ4v) is 3.19. The highest BCUT2D eigenvalue weighted by Gasteiger charge is 2.37. The Bertz CT molecular complexity index is 430. The molecule has 0 radical (unpaired) electrons. The zero-order valence-corrected chi connectivity index (χ0v) is 17.1. The van der Waals surface area contributed by atoms with Crippen LogP contribution in [0, 0.1) is 29.1 Å². The van der Waals surface area contributed by atoms with E-state index in [2.05, 4.69) is 19.9 Å². The standard InChI is InChI=1S/C21H37NO4/c1-5-9-11-12-14-18(20(23)25-7-3)19(21(24)26-8-4)15-17(16-22)13-10-6-2/h17-19H,5-15H2,1-4H3. The third-order valence-electron chi connectivity index (χ3n) is 4.66. The van der Waals surface area contributed by atoms with Crippen LogP contribution in [0.5, 0.6) is 0 Å². The first kappa shape index (κ1) is 24.4. The number of rotatable bonds is 15. The Labute approximate surface area is 159 Å². The molecule has 0 saturated heterocycles. The van der Waals surface area contributed by atoms with Crippen molar-refractivity contribution < 1.29 is 19.1 Å². The van der Waals surface area contributed by atoms with Gasteiger partial charge in [-0.3, -0.25) is 9.59 Å². The van der Waals surface area contributed by atoms with E-state index in [0.29, 0.717) is 12.8 Å². The summed E-state index contributed by atoms with van der Waals surface area (Å²) in [5.74, 6) is -2.08. The zero-order valence-electron chi connectivity index (χ0n) is 17.1. The molecule has 0 rings (SSSR count).